The number of hydrogen-bond donors (Lipinski definition) is 1. The van der Waals surface area contributed by atoms with Crippen molar-refractivity contribution in [2.45, 2.75) is 6.92 Å². The highest BCUT2D eigenvalue weighted by molar-refractivity contribution is 8.27. The number of nitrogens with one attached hydrogen (secondary N) is 1. The molecule has 1 heterocycles. The minimum Gasteiger partial charge on any atom is -0.484 e. The highest BCUT2D eigenvalue weighted by Crippen LogP contribution is 2.36. The number of anilines is 2. The number of hydrogen-bond acceptors (Lipinski definition) is 5. The number of thioether (sulfide) groups is 1. The molecule has 9 heteroatoms. The molecular formula is C25H18Cl2N2O3S2. The molecule has 0 aliphatic carbocycles. The molecule has 1 fully saturated rings. The quantitative estimate of drug-likeness (QED) is 0.284. The average Bonchev–Trinajstić information content (AvgIpc) is 3.08. The smallest absolute Gasteiger partial charge is 0.270 e. The lowest BCUT2D eigenvalue weighted by Crippen LogP contribution is -2.27. The summed E-state index contributed by atoms with van der Waals surface area (Å²) in [5, 5.41) is 3.50. The molecule has 0 radical (unpaired) electrons. The van der Waals surface area contributed by atoms with Crippen molar-refractivity contribution in [2.75, 3.05) is 16.8 Å². The Hall–Kier alpha value is -2.84. The van der Waals surface area contributed by atoms with E-state index in [4.69, 9.17) is 40.2 Å². The predicted molar refractivity (Wildman–Crippen MR) is 144 cm³/mol. The summed E-state index contributed by atoms with van der Waals surface area (Å²) >= 11 is 18.6. The van der Waals surface area contributed by atoms with Gasteiger partial charge in [0.15, 0.2) is 10.9 Å². The second-order valence-electron chi connectivity index (χ2n) is 7.39. The Morgan fingerprint density at radius 2 is 1.88 bits per heavy atom. The van der Waals surface area contributed by atoms with Crippen molar-refractivity contribution in [3.8, 4) is 5.75 Å². The number of thiocarbonyl (C=S) groups is 1. The van der Waals surface area contributed by atoms with Gasteiger partial charge in [0.05, 0.1) is 21.3 Å². The summed E-state index contributed by atoms with van der Waals surface area (Å²) in [6.07, 6.45) is 1.76. The molecule has 0 unspecified atom stereocenters. The normalized spacial score (nSPS) is 14.6. The van der Waals surface area contributed by atoms with E-state index >= 15 is 0 Å². The highest BCUT2D eigenvalue weighted by Gasteiger charge is 2.33. The maximum absolute atomic E-state index is 13.0. The first-order valence-corrected chi connectivity index (χ1v) is 12.1. The van der Waals surface area contributed by atoms with Crippen molar-refractivity contribution in [3.05, 3.63) is 92.8 Å². The summed E-state index contributed by atoms with van der Waals surface area (Å²) in [6, 6.07) is 19.5. The molecule has 1 aliphatic heterocycles. The van der Waals surface area contributed by atoms with Crippen LogP contribution in [0.1, 0.15) is 11.1 Å². The van der Waals surface area contributed by atoms with Gasteiger partial charge in [-0.05, 0) is 61.0 Å². The Morgan fingerprint density at radius 1 is 1.12 bits per heavy atom. The number of benzene rings is 3. The lowest BCUT2D eigenvalue weighted by atomic mass is 10.2. The van der Waals surface area contributed by atoms with Crippen LogP contribution < -0.4 is 15.0 Å². The van der Waals surface area contributed by atoms with Gasteiger partial charge >= 0.3 is 0 Å². The van der Waals surface area contributed by atoms with Gasteiger partial charge in [-0.1, -0.05) is 77.0 Å². The third-order valence-electron chi connectivity index (χ3n) is 4.82. The zero-order valence-electron chi connectivity index (χ0n) is 17.9. The van der Waals surface area contributed by atoms with Gasteiger partial charge in [-0.15, -0.1) is 0 Å². The van der Waals surface area contributed by atoms with Crippen molar-refractivity contribution >= 4 is 80.8 Å². The van der Waals surface area contributed by atoms with Gasteiger partial charge in [0.2, 0.25) is 0 Å². The topological polar surface area (TPSA) is 58.6 Å². The molecule has 3 aromatic carbocycles. The van der Waals surface area contributed by atoms with E-state index in [9.17, 15) is 9.59 Å². The molecule has 4 rings (SSSR count). The number of aryl methyl sites for hydroxylation is 1. The van der Waals surface area contributed by atoms with Crippen LogP contribution in [0.15, 0.2) is 71.6 Å². The molecule has 3 aromatic rings. The first kappa shape index (κ1) is 24.3. The standard InChI is InChI=1S/C25H18Cl2N2O3S2/c1-15-5-8-18(9-6-15)29-24(31)22(34-25(29)33)12-16-3-2-4-19(11-16)32-14-23(30)28-21-10-7-17(26)13-20(21)27/h2-13H,14H2,1H3,(H,28,30)/b22-12-. The maximum Gasteiger partial charge on any atom is 0.270 e. The molecule has 5 nitrogen and oxygen atoms in total. The SMILES string of the molecule is Cc1ccc(N2C(=O)/C(=C/c3cccc(OCC(=O)Nc4ccc(Cl)cc4Cl)c3)SC2=S)cc1. The van der Waals surface area contributed by atoms with E-state index in [0.29, 0.717) is 30.7 Å². The fourth-order valence-electron chi connectivity index (χ4n) is 3.16. The van der Waals surface area contributed by atoms with E-state index in [1.807, 2.05) is 37.3 Å². The fraction of sp³-hybridized carbons (Fsp3) is 0.0800. The molecule has 0 atom stereocenters. The van der Waals surface area contributed by atoms with E-state index in [-0.39, 0.29) is 18.4 Å². The summed E-state index contributed by atoms with van der Waals surface area (Å²) in [6.45, 7) is 1.78. The summed E-state index contributed by atoms with van der Waals surface area (Å²) in [7, 11) is 0. The molecule has 0 spiro atoms. The Balaban J connectivity index is 1.42. The second kappa shape index (κ2) is 10.6. The van der Waals surface area contributed by atoms with Crippen LogP contribution in [0.4, 0.5) is 11.4 Å². The second-order valence-corrected chi connectivity index (χ2v) is 9.91. The summed E-state index contributed by atoms with van der Waals surface area (Å²) in [5.41, 5.74) is 3.04. The Morgan fingerprint density at radius 3 is 2.62 bits per heavy atom. The molecule has 34 heavy (non-hydrogen) atoms. The molecule has 0 bridgehead atoms. The molecular weight excluding hydrogens is 511 g/mol. The van der Waals surface area contributed by atoms with Crippen LogP contribution >= 0.6 is 47.2 Å². The van der Waals surface area contributed by atoms with Crippen LogP contribution in [-0.4, -0.2) is 22.7 Å². The highest BCUT2D eigenvalue weighted by atomic mass is 35.5. The largest absolute Gasteiger partial charge is 0.484 e. The minimum absolute atomic E-state index is 0.176. The van der Waals surface area contributed by atoms with Crippen LogP contribution in [0.2, 0.25) is 10.0 Å². The van der Waals surface area contributed by atoms with Gasteiger partial charge in [0.25, 0.3) is 11.8 Å². The van der Waals surface area contributed by atoms with Crippen LogP contribution in [0.5, 0.6) is 5.75 Å². The van der Waals surface area contributed by atoms with E-state index in [1.54, 1.807) is 42.5 Å². The molecule has 172 valence electrons. The van der Waals surface area contributed by atoms with Crippen LogP contribution in [0.3, 0.4) is 0 Å². The van der Waals surface area contributed by atoms with Crippen molar-refractivity contribution in [1.82, 2.24) is 0 Å². The van der Waals surface area contributed by atoms with Crippen LogP contribution in [0.25, 0.3) is 6.08 Å². The van der Waals surface area contributed by atoms with Gasteiger partial charge in [-0.25, -0.2) is 0 Å². The number of carbonyl (C=O) groups is 2. The summed E-state index contributed by atoms with van der Waals surface area (Å²) in [4.78, 5) is 27.3. The van der Waals surface area contributed by atoms with Crippen LogP contribution in [-0.2, 0) is 9.59 Å². The first-order valence-electron chi connectivity index (χ1n) is 10.1. The number of nitrogens with zero attached hydrogens (tertiary/aromatic N) is 1. The first-order chi connectivity index (χ1) is 16.3. The zero-order chi connectivity index (χ0) is 24.2. The Kier molecular flexibility index (Phi) is 7.58. The Bertz CT molecular complexity index is 1310. The molecule has 1 saturated heterocycles. The summed E-state index contributed by atoms with van der Waals surface area (Å²) in [5.74, 6) is -0.0573. The zero-order valence-corrected chi connectivity index (χ0v) is 21.0. The number of amides is 2. The van der Waals surface area contributed by atoms with Gasteiger partial charge in [0.1, 0.15) is 5.75 Å². The summed E-state index contributed by atoms with van der Waals surface area (Å²) < 4.78 is 6.10. The Labute approximate surface area is 216 Å². The number of ether oxygens (including phenoxy) is 1. The maximum atomic E-state index is 13.0. The molecule has 1 N–H and O–H groups in total. The third-order valence-corrected chi connectivity index (χ3v) is 6.67. The van der Waals surface area contributed by atoms with Gasteiger partial charge < -0.3 is 10.1 Å². The minimum atomic E-state index is -0.367. The number of carbonyl (C=O) groups excluding carboxylic acids is 2. The van der Waals surface area contributed by atoms with Crippen molar-refractivity contribution in [1.29, 1.82) is 0 Å². The van der Waals surface area contributed by atoms with E-state index in [0.717, 1.165) is 16.8 Å². The fourth-order valence-corrected chi connectivity index (χ4v) is 4.91. The monoisotopic (exact) mass is 528 g/mol. The number of rotatable bonds is 6. The van der Waals surface area contributed by atoms with E-state index in [1.165, 1.54) is 16.7 Å². The number of halogens is 2. The average molecular weight is 529 g/mol. The van der Waals surface area contributed by atoms with E-state index in [2.05, 4.69) is 5.32 Å². The third kappa shape index (κ3) is 5.80. The van der Waals surface area contributed by atoms with Crippen molar-refractivity contribution < 1.29 is 14.3 Å². The van der Waals surface area contributed by atoms with Crippen molar-refractivity contribution in [3.63, 3.8) is 0 Å². The molecule has 2 amide bonds. The molecule has 0 saturated carbocycles. The van der Waals surface area contributed by atoms with Gasteiger partial charge in [-0.3, -0.25) is 14.5 Å². The predicted octanol–water partition coefficient (Wildman–Crippen LogP) is 6.73. The van der Waals surface area contributed by atoms with E-state index < -0.39 is 0 Å². The van der Waals surface area contributed by atoms with Crippen molar-refractivity contribution in [2.24, 2.45) is 0 Å². The molecule has 0 aromatic heterocycles. The van der Waals surface area contributed by atoms with Crippen LogP contribution in [0, 0.1) is 6.92 Å². The van der Waals surface area contributed by atoms with Gasteiger partial charge in [0, 0.05) is 5.02 Å². The lowest BCUT2D eigenvalue weighted by molar-refractivity contribution is -0.118. The lowest BCUT2D eigenvalue weighted by Gasteiger charge is -2.14. The molecule has 1 aliphatic rings. The van der Waals surface area contributed by atoms with Gasteiger partial charge in [-0.2, -0.15) is 0 Å².